The summed E-state index contributed by atoms with van der Waals surface area (Å²) in [6.45, 7) is 2.89. The molecule has 2 N–H and O–H groups in total. The van der Waals surface area contributed by atoms with E-state index in [0.717, 1.165) is 11.3 Å². The maximum Gasteiger partial charge on any atom is 0.305 e. The molecule has 19 heavy (non-hydrogen) atoms. The van der Waals surface area contributed by atoms with Gasteiger partial charge in [-0.25, -0.2) is 0 Å². The first-order chi connectivity index (χ1) is 9.04. The zero-order valence-corrected chi connectivity index (χ0v) is 11.3. The molecule has 0 aliphatic carbocycles. The standard InChI is InChI=1S/C14H20N2O3/c1-11-5-3-4-6-12(11)16(10-8-14(18)19)9-7-13(17)15-2/h3-6H,7-10H2,1-2H3,(H,15,17)(H,18,19). The van der Waals surface area contributed by atoms with Crippen LogP contribution in [0.5, 0.6) is 0 Å². The molecule has 0 radical (unpaired) electrons. The van der Waals surface area contributed by atoms with Crippen LogP contribution < -0.4 is 10.2 Å². The van der Waals surface area contributed by atoms with Crippen molar-refractivity contribution in [2.45, 2.75) is 19.8 Å². The highest BCUT2D eigenvalue weighted by molar-refractivity contribution is 5.76. The van der Waals surface area contributed by atoms with Crippen LogP contribution in [0.4, 0.5) is 5.69 Å². The van der Waals surface area contributed by atoms with Gasteiger partial charge in [0.1, 0.15) is 0 Å². The number of carbonyl (C=O) groups excluding carboxylic acids is 1. The second-order valence-electron chi connectivity index (χ2n) is 4.34. The average molecular weight is 264 g/mol. The van der Waals surface area contributed by atoms with Crippen molar-refractivity contribution in [2.24, 2.45) is 0 Å². The maximum atomic E-state index is 11.3. The van der Waals surface area contributed by atoms with E-state index in [1.165, 1.54) is 0 Å². The van der Waals surface area contributed by atoms with Crippen LogP contribution in [0.25, 0.3) is 0 Å². The van der Waals surface area contributed by atoms with Crippen molar-refractivity contribution in [2.75, 3.05) is 25.0 Å². The van der Waals surface area contributed by atoms with Gasteiger partial charge in [0.25, 0.3) is 0 Å². The number of carboxylic acid groups (broad SMARTS) is 1. The lowest BCUT2D eigenvalue weighted by molar-refractivity contribution is -0.136. The van der Waals surface area contributed by atoms with Gasteiger partial charge in [-0.3, -0.25) is 9.59 Å². The average Bonchev–Trinajstić information content (AvgIpc) is 2.39. The molecule has 1 aromatic carbocycles. The summed E-state index contributed by atoms with van der Waals surface area (Å²) in [6.07, 6.45) is 0.409. The van der Waals surface area contributed by atoms with Crippen molar-refractivity contribution in [3.8, 4) is 0 Å². The Kier molecular flexibility index (Phi) is 5.85. The predicted molar refractivity (Wildman–Crippen MR) is 74.3 cm³/mol. The molecule has 0 saturated carbocycles. The lowest BCUT2D eigenvalue weighted by atomic mass is 10.1. The lowest BCUT2D eigenvalue weighted by Gasteiger charge is -2.25. The minimum absolute atomic E-state index is 0.0473. The molecule has 0 spiro atoms. The number of carbonyl (C=O) groups is 2. The molecule has 1 rings (SSSR count). The highest BCUT2D eigenvalue weighted by atomic mass is 16.4. The highest BCUT2D eigenvalue weighted by Gasteiger charge is 2.12. The molecular formula is C14H20N2O3. The SMILES string of the molecule is CNC(=O)CCN(CCC(=O)O)c1ccccc1C. The van der Waals surface area contributed by atoms with E-state index in [0.29, 0.717) is 19.5 Å². The van der Waals surface area contributed by atoms with E-state index in [4.69, 9.17) is 5.11 Å². The van der Waals surface area contributed by atoms with Gasteiger partial charge in [0.15, 0.2) is 0 Å². The van der Waals surface area contributed by atoms with Gasteiger partial charge in [-0.1, -0.05) is 18.2 Å². The molecule has 5 heteroatoms. The molecule has 0 fully saturated rings. The highest BCUT2D eigenvalue weighted by Crippen LogP contribution is 2.19. The second kappa shape index (κ2) is 7.41. The van der Waals surface area contributed by atoms with Crippen LogP contribution in [0.3, 0.4) is 0 Å². The number of carboxylic acids is 1. The number of benzene rings is 1. The first-order valence-corrected chi connectivity index (χ1v) is 6.27. The zero-order valence-electron chi connectivity index (χ0n) is 11.3. The molecular weight excluding hydrogens is 244 g/mol. The van der Waals surface area contributed by atoms with Gasteiger partial charge in [0.05, 0.1) is 6.42 Å². The van der Waals surface area contributed by atoms with Crippen molar-refractivity contribution in [1.29, 1.82) is 0 Å². The van der Waals surface area contributed by atoms with Crippen LogP contribution in [0.1, 0.15) is 18.4 Å². The summed E-state index contributed by atoms with van der Waals surface area (Å²) >= 11 is 0. The molecule has 0 aliphatic heterocycles. The van der Waals surface area contributed by atoms with E-state index >= 15 is 0 Å². The minimum Gasteiger partial charge on any atom is -0.481 e. The van der Waals surface area contributed by atoms with Gasteiger partial charge < -0.3 is 15.3 Å². The van der Waals surface area contributed by atoms with Gasteiger partial charge in [0, 0.05) is 32.2 Å². The summed E-state index contributed by atoms with van der Waals surface area (Å²) in [7, 11) is 1.59. The third-order valence-corrected chi connectivity index (χ3v) is 2.94. The monoisotopic (exact) mass is 264 g/mol. The minimum atomic E-state index is -0.835. The summed E-state index contributed by atoms with van der Waals surface area (Å²) in [6, 6.07) is 7.77. The number of rotatable bonds is 7. The Morgan fingerprint density at radius 3 is 2.42 bits per heavy atom. The summed E-state index contributed by atoms with van der Waals surface area (Å²) in [4.78, 5) is 24.0. The van der Waals surface area contributed by atoms with Crippen molar-refractivity contribution in [3.63, 3.8) is 0 Å². The van der Waals surface area contributed by atoms with Crippen molar-refractivity contribution in [1.82, 2.24) is 5.32 Å². The Balaban J connectivity index is 2.76. The van der Waals surface area contributed by atoms with Gasteiger partial charge in [-0.05, 0) is 18.6 Å². The molecule has 0 heterocycles. The van der Waals surface area contributed by atoms with Crippen LogP contribution in [-0.4, -0.2) is 37.1 Å². The number of aryl methyl sites for hydroxylation is 1. The number of hydrogen-bond acceptors (Lipinski definition) is 3. The Labute approximate surface area is 113 Å². The number of aliphatic carboxylic acids is 1. The summed E-state index contributed by atoms with van der Waals surface area (Å²) < 4.78 is 0. The molecule has 0 aliphatic rings. The Morgan fingerprint density at radius 1 is 1.21 bits per heavy atom. The van der Waals surface area contributed by atoms with E-state index in [9.17, 15) is 9.59 Å². The quantitative estimate of drug-likeness (QED) is 0.781. The zero-order chi connectivity index (χ0) is 14.3. The van der Waals surface area contributed by atoms with E-state index in [1.54, 1.807) is 7.05 Å². The van der Waals surface area contributed by atoms with E-state index < -0.39 is 5.97 Å². The number of hydrogen-bond donors (Lipinski definition) is 2. The molecule has 0 unspecified atom stereocenters. The molecule has 1 amide bonds. The predicted octanol–water partition coefficient (Wildman–Crippen LogP) is 1.41. The van der Waals surface area contributed by atoms with Crippen molar-refractivity contribution >= 4 is 17.6 Å². The first kappa shape index (κ1) is 15.0. The summed E-state index contributed by atoms with van der Waals surface area (Å²) in [5, 5.41) is 11.4. The molecule has 0 atom stereocenters. The third kappa shape index (κ3) is 4.99. The molecule has 0 saturated heterocycles. The number of para-hydroxylation sites is 1. The van der Waals surface area contributed by atoms with Crippen LogP contribution in [0, 0.1) is 6.92 Å². The van der Waals surface area contributed by atoms with E-state index in [2.05, 4.69) is 5.32 Å². The van der Waals surface area contributed by atoms with Crippen molar-refractivity contribution < 1.29 is 14.7 Å². The number of nitrogens with zero attached hydrogens (tertiary/aromatic N) is 1. The normalized spacial score (nSPS) is 10.0. The van der Waals surface area contributed by atoms with E-state index in [-0.39, 0.29) is 12.3 Å². The Hall–Kier alpha value is -2.04. The second-order valence-corrected chi connectivity index (χ2v) is 4.34. The van der Waals surface area contributed by atoms with Crippen LogP contribution in [0.15, 0.2) is 24.3 Å². The summed E-state index contributed by atoms with van der Waals surface area (Å²) in [5.41, 5.74) is 2.05. The maximum absolute atomic E-state index is 11.3. The molecule has 0 aromatic heterocycles. The van der Waals surface area contributed by atoms with Gasteiger partial charge in [0.2, 0.25) is 5.91 Å². The molecule has 1 aromatic rings. The largest absolute Gasteiger partial charge is 0.481 e. The molecule has 0 bridgehead atoms. The summed E-state index contributed by atoms with van der Waals surface area (Å²) in [5.74, 6) is -0.882. The Morgan fingerprint density at radius 2 is 1.84 bits per heavy atom. The first-order valence-electron chi connectivity index (χ1n) is 6.27. The number of anilines is 1. The molecule has 5 nitrogen and oxygen atoms in total. The van der Waals surface area contributed by atoms with Gasteiger partial charge in [-0.15, -0.1) is 0 Å². The smallest absolute Gasteiger partial charge is 0.305 e. The van der Waals surface area contributed by atoms with Gasteiger partial charge >= 0.3 is 5.97 Å². The fraction of sp³-hybridized carbons (Fsp3) is 0.429. The molecule has 104 valence electrons. The van der Waals surface area contributed by atoms with Gasteiger partial charge in [-0.2, -0.15) is 0 Å². The van der Waals surface area contributed by atoms with Crippen LogP contribution in [0.2, 0.25) is 0 Å². The van der Waals surface area contributed by atoms with Crippen LogP contribution >= 0.6 is 0 Å². The topological polar surface area (TPSA) is 69.6 Å². The fourth-order valence-electron chi connectivity index (χ4n) is 1.86. The van der Waals surface area contributed by atoms with Crippen LogP contribution in [-0.2, 0) is 9.59 Å². The fourth-order valence-corrected chi connectivity index (χ4v) is 1.86. The van der Waals surface area contributed by atoms with E-state index in [1.807, 2.05) is 36.1 Å². The lowest BCUT2D eigenvalue weighted by Crippen LogP contribution is -2.31. The van der Waals surface area contributed by atoms with Crippen molar-refractivity contribution in [3.05, 3.63) is 29.8 Å². The Bertz CT molecular complexity index is 446. The number of nitrogens with one attached hydrogen (secondary N) is 1. The number of amides is 1. The third-order valence-electron chi connectivity index (χ3n) is 2.94.